The maximum Gasteiger partial charge on any atom is 0.220 e. The van der Waals surface area contributed by atoms with Gasteiger partial charge in [0, 0.05) is 42.4 Å². The molecule has 0 spiro atoms. The van der Waals surface area contributed by atoms with E-state index < -0.39 is 0 Å². The summed E-state index contributed by atoms with van der Waals surface area (Å²) < 4.78 is 11.6. The van der Waals surface area contributed by atoms with Gasteiger partial charge in [-0.05, 0) is 31.9 Å². The topological polar surface area (TPSA) is 51.4 Å². The highest BCUT2D eigenvalue weighted by Gasteiger charge is 2.42. The van der Waals surface area contributed by atoms with Crippen molar-refractivity contribution in [2.45, 2.75) is 51.3 Å². The molecular formula is C16H21N3O2S. The zero-order chi connectivity index (χ0) is 15.1. The Morgan fingerprint density at radius 1 is 1.32 bits per heavy atom. The monoisotopic (exact) mass is 319 g/mol. The first kappa shape index (κ1) is 14.4. The number of likely N-dealkylation sites (tertiary alicyclic amines) is 1. The van der Waals surface area contributed by atoms with Crippen LogP contribution in [0.2, 0.25) is 0 Å². The van der Waals surface area contributed by atoms with Gasteiger partial charge < -0.3 is 9.15 Å². The Kier molecular flexibility index (Phi) is 3.76. The van der Waals surface area contributed by atoms with Gasteiger partial charge >= 0.3 is 0 Å². The lowest BCUT2D eigenvalue weighted by Gasteiger charge is -2.39. The van der Waals surface area contributed by atoms with Crippen LogP contribution in [-0.4, -0.2) is 40.4 Å². The summed E-state index contributed by atoms with van der Waals surface area (Å²) in [6.45, 7) is 6.84. The van der Waals surface area contributed by atoms with Crippen LogP contribution < -0.4 is 0 Å². The summed E-state index contributed by atoms with van der Waals surface area (Å²) in [5, 5.41) is 8.22. The summed E-state index contributed by atoms with van der Waals surface area (Å²) >= 11 is 1.88. The van der Waals surface area contributed by atoms with Crippen molar-refractivity contribution < 1.29 is 9.15 Å². The Labute approximate surface area is 134 Å². The number of hydrogen-bond acceptors (Lipinski definition) is 6. The van der Waals surface area contributed by atoms with Gasteiger partial charge in [0.05, 0.1) is 12.0 Å². The van der Waals surface area contributed by atoms with E-state index >= 15 is 0 Å². The van der Waals surface area contributed by atoms with Gasteiger partial charge in [-0.3, -0.25) is 4.90 Å². The molecule has 0 radical (unpaired) electrons. The number of ether oxygens (including phenoxy) is 1. The predicted octanol–water partition coefficient (Wildman–Crippen LogP) is 2.89. The van der Waals surface area contributed by atoms with E-state index in [1.165, 1.54) is 9.75 Å². The van der Waals surface area contributed by atoms with Gasteiger partial charge in [-0.25, -0.2) is 0 Å². The SMILES string of the molecule is Cc1nnc([C@H]2C[C@H]3OCC[C@H]3N(Cc3ccc(C)s3)C2)o1. The number of thiophene rings is 1. The lowest BCUT2D eigenvalue weighted by molar-refractivity contribution is 0.00961. The van der Waals surface area contributed by atoms with Crippen LogP contribution in [0.3, 0.4) is 0 Å². The number of hydrogen-bond donors (Lipinski definition) is 0. The van der Waals surface area contributed by atoms with Gasteiger partial charge in [-0.2, -0.15) is 0 Å². The minimum atomic E-state index is 0.279. The Morgan fingerprint density at radius 3 is 2.95 bits per heavy atom. The van der Waals surface area contributed by atoms with Gasteiger partial charge in [0.1, 0.15) is 0 Å². The van der Waals surface area contributed by atoms with Crippen LogP contribution in [0, 0.1) is 13.8 Å². The fourth-order valence-electron chi connectivity index (χ4n) is 3.66. The molecule has 2 aromatic rings. The van der Waals surface area contributed by atoms with Crippen molar-refractivity contribution in [2.75, 3.05) is 13.2 Å². The number of aryl methyl sites for hydroxylation is 2. The molecule has 0 aliphatic carbocycles. The molecule has 22 heavy (non-hydrogen) atoms. The summed E-state index contributed by atoms with van der Waals surface area (Å²) in [6, 6.07) is 4.97. The molecule has 3 atom stereocenters. The van der Waals surface area contributed by atoms with E-state index in [9.17, 15) is 0 Å². The minimum absolute atomic E-state index is 0.279. The van der Waals surface area contributed by atoms with E-state index in [0.717, 1.165) is 38.4 Å². The first-order valence-corrected chi connectivity index (χ1v) is 8.71. The number of aromatic nitrogens is 2. The highest BCUT2D eigenvalue weighted by molar-refractivity contribution is 7.11. The molecule has 2 saturated heterocycles. The second-order valence-corrected chi connectivity index (χ2v) is 7.67. The number of rotatable bonds is 3. The molecule has 2 aromatic heterocycles. The van der Waals surface area contributed by atoms with Crippen LogP contribution >= 0.6 is 11.3 Å². The molecule has 0 amide bonds. The van der Waals surface area contributed by atoms with Gasteiger partial charge in [0.15, 0.2) is 0 Å². The highest BCUT2D eigenvalue weighted by atomic mass is 32.1. The molecule has 6 heteroatoms. The number of piperidine rings is 1. The van der Waals surface area contributed by atoms with Crippen molar-refractivity contribution >= 4 is 11.3 Å². The van der Waals surface area contributed by atoms with Crippen molar-refractivity contribution in [2.24, 2.45) is 0 Å². The fraction of sp³-hybridized carbons (Fsp3) is 0.625. The van der Waals surface area contributed by atoms with Crippen molar-refractivity contribution in [1.82, 2.24) is 15.1 Å². The van der Waals surface area contributed by atoms with Crippen LogP contribution in [0.1, 0.15) is 40.3 Å². The van der Waals surface area contributed by atoms with Crippen molar-refractivity contribution in [3.63, 3.8) is 0 Å². The van der Waals surface area contributed by atoms with Crippen molar-refractivity contribution in [3.8, 4) is 0 Å². The Bertz CT molecular complexity index is 653. The fourth-order valence-corrected chi connectivity index (χ4v) is 4.58. The van der Waals surface area contributed by atoms with Gasteiger partial charge in [-0.15, -0.1) is 21.5 Å². The normalized spacial score (nSPS) is 28.9. The van der Waals surface area contributed by atoms with Crippen LogP contribution in [0.4, 0.5) is 0 Å². The average Bonchev–Trinajstić information content (AvgIpc) is 3.20. The minimum Gasteiger partial charge on any atom is -0.425 e. The van der Waals surface area contributed by atoms with E-state index in [2.05, 4.69) is 34.2 Å². The van der Waals surface area contributed by atoms with E-state index in [-0.39, 0.29) is 5.92 Å². The maximum atomic E-state index is 5.96. The third kappa shape index (κ3) is 2.71. The lowest BCUT2D eigenvalue weighted by Crippen LogP contribution is -2.48. The van der Waals surface area contributed by atoms with E-state index in [1.807, 2.05) is 18.3 Å². The molecule has 0 aromatic carbocycles. The Balaban J connectivity index is 1.55. The standard InChI is InChI=1S/C16H21N3O2S/c1-10-3-4-13(22-10)9-19-8-12(16-18-17-11(2)21-16)7-15-14(19)5-6-20-15/h3-4,12,14-15H,5-9H2,1-2H3/t12-,14+,15+/m0/s1. The molecule has 2 fully saturated rings. The summed E-state index contributed by atoms with van der Waals surface area (Å²) in [4.78, 5) is 5.34. The third-order valence-corrected chi connectivity index (χ3v) is 5.65. The summed E-state index contributed by atoms with van der Waals surface area (Å²) in [7, 11) is 0. The Hall–Kier alpha value is -1.24. The van der Waals surface area contributed by atoms with Gasteiger partial charge in [-0.1, -0.05) is 0 Å². The van der Waals surface area contributed by atoms with Crippen LogP contribution in [0.15, 0.2) is 16.5 Å². The highest BCUT2D eigenvalue weighted by Crippen LogP contribution is 2.37. The average molecular weight is 319 g/mol. The van der Waals surface area contributed by atoms with E-state index in [0.29, 0.717) is 18.0 Å². The maximum absolute atomic E-state index is 5.96. The lowest BCUT2D eigenvalue weighted by atomic mass is 9.90. The number of fused-ring (bicyclic) bond motifs is 1. The van der Waals surface area contributed by atoms with Gasteiger partial charge in [0.2, 0.25) is 11.8 Å². The zero-order valence-electron chi connectivity index (χ0n) is 13.0. The first-order valence-electron chi connectivity index (χ1n) is 7.90. The Morgan fingerprint density at radius 2 is 2.23 bits per heavy atom. The summed E-state index contributed by atoms with van der Waals surface area (Å²) in [6.07, 6.45) is 2.42. The molecular weight excluding hydrogens is 298 g/mol. The molecule has 0 bridgehead atoms. The van der Waals surface area contributed by atoms with Gasteiger partial charge in [0.25, 0.3) is 0 Å². The molecule has 118 valence electrons. The molecule has 0 saturated carbocycles. The molecule has 5 nitrogen and oxygen atoms in total. The predicted molar refractivity (Wildman–Crippen MR) is 84.0 cm³/mol. The second-order valence-electron chi connectivity index (χ2n) is 6.30. The van der Waals surface area contributed by atoms with E-state index in [1.54, 1.807) is 0 Å². The smallest absolute Gasteiger partial charge is 0.220 e. The first-order chi connectivity index (χ1) is 10.7. The molecule has 0 N–H and O–H groups in total. The molecule has 4 rings (SSSR count). The molecule has 2 aliphatic heterocycles. The van der Waals surface area contributed by atoms with Crippen molar-refractivity contribution in [3.05, 3.63) is 33.7 Å². The second kappa shape index (κ2) is 5.76. The molecule has 0 unspecified atom stereocenters. The van der Waals surface area contributed by atoms with E-state index in [4.69, 9.17) is 9.15 Å². The number of nitrogens with zero attached hydrogens (tertiary/aromatic N) is 3. The third-order valence-electron chi connectivity index (χ3n) is 4.66. The van der Waals surface area contributed by atoms with Crippen molar-refractivity contribution in [1.29, 1.82) is 0 Å². The van der Waals surface area contributed by atoms with Crippen LogP contribution in [-0.2, 0) is 11.3 Å². The molecule has 2 aliphatic rings. The van der Waals surface area contributed by atoms with Crippen LogP contribution in [0.25, 0.3) is 0 Å². The largest absolute Gasteiger partial charge is 0.425 e. The molecule has 4 heterocycles. The zero-order valence-corrected chi connectivity index (χ0v) is 13.8. The quantitative estimate of drug-likeness (QED) is 0.870. The van der Waals surface area contributed by atoms with Crippen LogP contribution in [0.5, 0.6) is 0 Å². The summed E-state index contributed by atoms with van der Waals surface area (Å²) in [5.41, 5.74) is 0. The summed E-state index contributed by atoms with van der Waals surface area (Å²) in [5.74, 6) is 1.69.